The van der Waals surface area contributed by atoms with E-state index < -0.39 is 0 Å². The molecule has 1 N–H and O–H groups in total. The van der Waals surface area contributed by atoms with E-state index in [0.717, 1.165) is 27.2 Å². The number of aromatic nitrogens is 2. The van der Waals surface area contributed by atoms with Gasteiger partial charge in [0, 0.05) is 17.1 Å². The Morgan fingerprint density at radius 3 is 2.72 bits per heavy atom. The minimum Gasteiger partial charge on any atom is -0.346 e. The lowest BCUT2D eigenvalue weighted by molar-refractivity contribution is 0.0952. The summed E-state index contributed by atoms with van der Waals surface area (Å²) in [5.41, 5.74) is 2.36. The zero-order valence-electron chi connectivity index (χ0n) is 13.3. The highest BCUT2D eigenvalue weighted by Crippen LogP contribution is 2.22. The first-order valence-corrected chi connectivity index (χ1v) is 8.81. The van der Waals surface area contributed by atoms with E-state index in [1.165, 1.54) is 11.3 Å². The van der Waals surface area contributed by atoms with Gasteiger partial charge in [0.25, 0.3) is 5.91 Å². The van der Waals surface area contributed by atoms with Crippen molar-refractivity contribution in [3.05, 3.63) is 83.5 Å². The van der Waals surface area contributed by atoms with Gasteiger partial charge in [0.2, 0.25) is 0 Å². The van der Waals surface area contributed by atoms with Gasteiger partial charge in [-0.05, 0) is 29.0 Å². The summed E-state index contributed by atoms with van der Waals surface area (Å²) in [6, 6.07) is 19.4. The highest BCUT2D eigenvalue weighted by molar-refractivity contribution is 7.13. The highest BCUT2D eigenvalue weighted by atomic mass is 32.1. The maximum Gasteiger partial charge on any atom is 0.252 e. The summed E-state index contributed by atoms with van der Waals surface area (Å²) in [5, 5.41) is 7.78. The van der Waals surface area contributed by atoms with Crippen molar-refractivity contribution in [3.8, 4) is 10.7 Å². The van der Waals surface area contributed by atoms with Gasteiger partial charge in [-0.15, -0.1) is 11.3 Å². The maximum atomic E-state index is 12.6. The minimum absolute atomic E-state index is 0.0933. The Morgan fingerprint density at radius 2 is 1.84 bits per heavy atom. The number of benzene rings is 2. The largest absolute Gasteiger partial charge is 0.346 e. The quantitative estimate of drug-likeness (QED) is 0.600. The Kier molecular flexibility index (Phi) is 4.23. The monoisotopic (exact) mass is 345 g/mol. The van der Waals surface area contributed by atoms with E-state index in [4.69, 9.17) is 0 Å². The fraction of sp³-hybridized carbons (Fsp3) is 0.0500. The molecule has 0 atom stereocenters. The standard InChI is InChI=1S/C20H15N3OS/c24-19(17-9-5-7-14-6-1-2-8-16(14)17)22-12-15-13-25-20(23-15)18-10-3-4-11-21-18/h1-11,13H,12H2,(H,22,24). The molecule has 1 amide bonds. The van der Waals surface area contributed by atoms with E-state index in [-0.39, 0.29) is 5.91 Å². The van der Waals surface area contributed by atoms with E-state index in [1.807, 2.05) is 66.0 Å². The van der Waals surface area contributed by atoms with Crippen LogP contribution in [-0.2, 0) is 6.54 Å². The Hall–Kier alpha value is -3.05. The van der Waals surface area contributed by atoms with Crippen LogP contribution in [0.3, 0.4) is 0 Å². The molecule has 0 aliphatic heterocycles. The predicted octanol–water partition coefficient (Wildman–Crippen LogP) is 4.29. The lowest BCUT2D eigenvalue weighted by Crippen LogP contribution is -2.23. The molecule has 4 aromatic rings. The Balaban J connectivity index is 1.50. The fourth-order valence-electron chi connectivity index (χ4n) is 2.68. The van der Waals surface area contributed by atoms with E-state index in [9.17, 15) is 4.79 Å². The van der Waals surface area contributed by atoms with Crippen LogP contribution in [-0.4, -0.2) is 15.9 Å². The zero-order valence-corrected chi connectivity index (χ0v) is 14.2. The number of hydrogen-bond donors (Lipinski definition) is 1. The first kappa shape index (κ1) is 15.5. The lowest BCUT2D eigenvalue weighted by atomic mass is 10.0. The normalized spacial score (nSPS) is 10.7. The van der Waals surface area contributed by atoms with Crippen LogP contribution in [0.15, 0.2) is 72.2 Å². The number of nitrogens with one attached hydrogen (secondary N) is 1. The van der Waals surface area contributed by atoms with Crippen molar-refractivity contribution in [1.29, 1.82) is 0 Å². The van der Waals surface area contributed by atoms with Crippen molar-refractivity contribution < 1.29 is 4.79 Å². The molecule has 0 saturated carbocycles. The van der Waals surface area contributed by atoms with E-state index in [0.29, 0.717) is 12.1 Å². The molecule has 4 rings (SSSR count). The van der Waals surface area contributed by atoms with Gasteiger partial charge in [0.15, 0.2) is 0 Å². The number of carbonyl (C=O) groups excluding carboxylic acids is 1. The van der Waals surface area contributed by atoms with Crippen molar-refractivity contribution in [2.75, 3.05) is 0 Å². The molecule has 0 radical (unpaired) electrons. The van der Waals surface area contributed by atoms with E-state index >= 15 is 0 Å². The third-order valence-electron chi connectivity index (χ3n) is 3.90. The van der Waals surface area contributed by atoms with Gasteiger partial charge in [0.05, 0.1) is 17.9 Å². The van der Waals surface area contributed by atoms with Crippen LogP contribution in [0.2, 0.25) is 0 Å². The summed E-state index contributed by atoms with van der Waals surface area (Å²) in [6.07, 6.45) is 1.75. The van der Waals surface area contributed by atoms with Crippen LogP contribution < -0.4 is 5.32 Å². The average molecular weight is 345 g/mol. The van der Waals surface area contributed by atoms with Crippen molar-refractivity contribution in [1.82, 2.24) is 15.3 Å². The molecule has 0 spiro atoms. The third-order valence-corrected chi connectivity index (χ3v) is 4.81. The van der Waals surface area contributed by atoms with Crippen LogP contribution in [0, 0.1) is 0 Å². The first-order chi connectivity index (χ1) is 12.3. The molecule has 0 saturated heterocycles. The van der Waals surface area contributed by atoms with Gasteiger partial charge in [-0.25, -0.2) is 4.98 Å². The van der Waals surface area contributed by atoms with Crippen molar-refractivity contribution in [3.63, 3.8) is 0 Å². The van der Waals surface area contributed by atoms with Crippen molar-refractivity contribution in [2.45, 2.75) is 6.54 Å². The SMILES string of the molecule is O=C(NCc1csc(-c2ccccn2)n1)c1cccc2ccccc12. The number of amides is 1. The maximum absolute atomic E-state index is 12.6. The molecular weight excluding hydrogens is 330 g/mol. The molecule has 25 heavy (non-hydrogen) atoms. The Morgan fingerprint density at radius 1 is 1.00 bits per heavy atom. The van der Waals surface area contributed by atoms with Crippen LogP contribution in [0.5, 0.6) is 0 Å². The molecule has 122 valence electrons. The summed E-state index contributed by atoms with van der Waals surface area (Å²) in [6.45, 7) is 0.394. The predicted molar refractivity (Wildman–Crippen MR) is 100 cm³/mol. The molecule has 0 aliphatic rings. The number of pyridine rings is 1. The first-order valence-electron chi connectivity index (χ1n) is 7.93. The van der Waals surface area contributed by atoms with Crippen molar-refractivity contribution in [2.24, 2.45) is 0 Å². The van der Waals surface area contributed by atoms with Gasteiger partial charge >= 0.3 is 0 Å². The number of rotatable bonds is 4. The van der Waals surface area contributed by atoms with Crippen molar-refractivity contribution >= 4 is 28.0 Å². The molecule has 2 aromatic heterocycles. The molecule has 0 aliphatic carbocycles. The lowest BCUT2D eigenvalue weighted by Gasteiger charge is -2.07. The Bertz CT molecular complexity index is 1020. The smallest absolute Gasteiger partial charge is 0.252 e. The summed E-state index contributed by atoms with van der Waals surface area (Å²) in [7, 11) is 0. The number of nitrogens with zero attached hydrogens (tertiary/aromatic N) is 2. The van der Waals surface area contributed by atoms with E-state index in [2.05, 4.69) is 15.3 Å². The second-order valence-electron chi connectivity index (χ2n) is 5.57. The number of thiazole rings is 1. The van der Waals surface area contributed by atoms with Crippen LogP contribution in [0.4, 0.5) is 0 Å². The van der Waals surface area contributed by atoms with Crippen LogP contribution >= 0.6 is 11.3 Å². The number of fused-ring (bicyclic) bond motifs is 1. The molecule has 0 unspecified atom stereocenters. The van der Waals surface area contributed by atoms with Gasteiger partial charge in [-0.2, -0.15) is 0 Å². The molecule has 5 heteroatoms. The summed E-state index contributed by atoms with van der Waals surface area (Å²) in [5.74, 6) is -0.0933. The number of hydrogen-bond acceptors (Lipinski definition) is 4. The fourth-order valence-corrected chi connectivity index (χ4v) is 3.48. The molecule has 4 nitrogen and oxygen atoms in total. The second-order valence-corrected chi connectivity index (χ2v) is 6.43. The van der Waals surface area contributed by atoms with Crippen LogP contribution in [0.1, 0.15) is 16.1 Å². The van der Waals surface area contributed by atoms with Gasteiger partial charge < -0.3 is 5.32 Å². The van der Waals surface area contributed by atoms with E-state index in [1.54, 1.807) is 6.20 Å². The minimum atomic E-state index is -0.0933. The second kappa shape index (κ2) is 6.83. The molecular formula is C20H15N3OS. The summed E-state index contributed by atoms with van der Waals surface area (Å²) in [4.78, 5) is 21.4. The van der Waals surface area contributed by atoms with Gasteiger partial charge in [-0.3, -0.25) is 9.78 Å². The Labute approximate surface area is 149 Å². The number of carbonyl (C=O) groups is 1. The summed E-state index contributed by atoms with van der Waals surface area (Å²) >= 11 is 1.53. The molecule has 0 bridgehead atoms. The molecule has 2 heterocycles. The summed E-state index contributed by atoms with van der Waals surface area (Å²) < 4.78 is 0. The molecule has 0 fully saturated rings. The topological polar surface area (TPSA) is 54.9 Å². The van der Waals surface area contributed by atoms with Crippen LogP contribution in [0.25, 0.3) is 21.5 Å². The van der Waals surface area contributed by atoms with Gasteiger partial charge in [-0.1, -0.05) is 42.5 Å². The highest BCUT2D eigenvalue weighted by Gasteiger charge is 2.11. The zero-order chi connectivity index (χ0) is 17.1. The molecule has 2 aromatic carbocycles. The average Bonchev–Trinajstić information content (AvgIpc) is 3.15. The third kappa shape index (κ3) is 3.27. The van der Waals surface area contributed by atoms with Gasteiger partial charge in [0.1, 0.15) is 5.01 Å².